The first-order valence-electron chi connectivity index (χ1n) is 14.4. The van der Waals surface area contributed by atoms with Gasteiger partial charge in [0, 0.05) is 44.4 Å². The van der Waals surface area contributed by atoms with Crippen LogP contribution in [0.1, 0.15) is 62.0 Å². The third-order valence-electron chi connectivity index (χ3n) is 8.07. The summed E-state index contributed by atoms with van der Waals surface area (Å²) in [6, 6.07) is 5.78. The number of hydrogen-bond acceptors (Lipinski definition) is 7. The number of carboxylic acid groups (broad SMARTS) is 1. The maximum Gasteiger partial charge on any atom is 0.308 e. The van der Waals surface area contributed by atoms with Crippen molar-refractivity contribution in [1.82, 2.24) is 19.7 Å². The number of carbonyl (C=O) groups excluding carboxylic acids is 1. The molecule has 214 valence electrons. The van der Waals surface area contributed by atoms with Crippen LogP contribution in [0.4, 0.5) is 0 Å². The highest BCUT2D eigenvalue weighted by Gasteiger charge is 2.47. The van der Waals surface area contributed by atoms with Gasteiger partial charge in [-0.25, -0.2) is 4.98 Å². The van der Waals surface area contributed by atoms with Crippen molar-refractivity contribution in [3.05, 3.63) is 47.7 Å². The Bertz CT molecular complexity index is 1070. The third-order valence-corrected chi connectivity index (χ3v) is 8.07. The van der Waals surface area contributed by atoms with Crippen molar-refractivity contribution in [2.45, 2.75) is 63.8 Å². The molecule has 1 aromatic carbocycles. The second kappa shape index (κ2) is 13.9. The first-order chi connectivity index (χ1) is 18.9. The molecule has 2 aromatic rings. The number of aliphatic carboxylic acids is 1. The van der Waals surface area contributed by atoms with E-state index in [4.69, 9.17) is 9.15 Å². The molecule has 1 N–H and O–H groups in total. The number of nitrogens with zero attached hydrogens (tertiary/aromatic N) is 4. The minimum Gasteiger partial charge on any atom is -0.493 e. The number of aromatic nitrogens is 1. The summed E-state index contributed by atoms with van der Waals surface area (Å²) in [6.07, 6.45) is 9.06. The van der Waals surface area contributed by atoms with Crippen molar-refractivity contribution in [3.63, 3.8) is 0 Å². The molecule has 2 aliphatic rings. The molecule has 0 radical (unpaired) electrons. The molecular weight excluding hydrogens is 496 g/mol. The van der Waals surface area contributed by atoms with Gasteiger partial charge in [-0.2, -0.15) is 0 Å². The van der Waals surface area contributed by atoms with E-state index in [1.165, 1.54) is 6.26 Å². The number of benzene rings is 1. The fourth-order valence-electron chi connectivity index (χ4n) is 5.99. The average molecular weight is 541 g/mol. The minimum absolute atomic E-state index is 0.0848. The molecule has 3 atom stereocenters. The van der Waals surface area contributed by atoms with E-state index >= 15 is 0 Å². The Morgan fingerprint density at radius 3 is 2.67 bits per heavy atom. The Hall–Kier alpha value is -2.91. The highest BCUT2D eigenvalue weighted by molar-refractivity contribution is 5.79. The number of likely N-dealkylation sites (tertiary alicyclic amines) is 1. The van der Waals surface area contributed by atoms with E-state index in [0.717, 1.165) is 68.6 Å². The monoisotopic (exact) mass is 540 g/mol. The minimum atomic E-state index is -0.823. The lowest BCUT2D eigenvalue weighted by atomic mass is 9.83. The zero-order valence-electron chi connectivity index (χ0n) is 23.7. The zero-order valence-corrected chi connectivity index (χ0v) is 23.7. The quantitative estimate of drug-likeness (QED) is 0.342. The summed E-state index contributed by atoms with van der Waals surface area (Å²) >= 11 is 0. The second-order valence-electron chi connectivity index (χ2n) is 11.1. The number of rotatable bonds is 15. The van der Waals surface area contributed by atoms with Crippen LogP contribution < -0.4 is 4.74 Å². The smallest absolute Gasteiger partial charge is 0.308 e. The van der Waals surface area contributed by atoms with Crippen molar-refractivity contribution in [3.8, 4) is 5.75 Å². The van der Waals surface area contributed by atoms with Crippen LogP contribution in [0.15, 0.2) is 35.1 Å². The van der Waals surface area contributed by atoms with Gasteiger partial charge in [0.25, 0.3) is 0 Å². The summed E-state index contributed by atoms with van der Waals surface area (Å²) < 4.78 is 11.1. The fourth-order valence-corrected chi connectivity index (χ4v) is 5.99. The van der Waals surface area contributed by atoms with Crippen molar-refractivity contribution < 1.29 is 23.8 Å². The van der Waals surface area contributed by atoms with Crippen LogP contribution in [0.25, 0.3) is 0 Å². The lowest BCUT2D eigenvalue weighted by molar-refractivity contribution is -0.143. The standard InChI is InChI=1S/C30H44N4O5/c1-4-5-15-33(16-7-6-14-32(2)3)28(35)21-34-20-24(22-8-10-26-23(19-22)12-17-38-26)29(30(36)37)25(34)9-11-27-31-13-18-39-27/h8,10,13,18-19,24-25,29H,4-7,9,11-12,14-17,20-21H2,1-3H3,(H,36,37)/t24-,25+,29-/m1/s1. The number of amides is 1. The largest absolute Gasteiger partial charge is 0.493 e. The summed E-state index contributed by atoms with van der Waals surface area (Å²) in [7, 11) is 4.13. The molecule has 1 saturated heterocycles. The third kappa shape index (κ3) is 7.60. The van der Waals surface area contributed by atoms with E-state index in [-0.39, 0.29) is 24.4 Å². The number of fused-ring (bicyclic) bond motifs is 1. The molecule has 0 bridgehead atoms. The average Bonchev–Trinajstić information content (AvgIpc) is 3.66. The summed E-state index contributed by atoms with van der Waals surface area (Å²) in [5, 5.41) is 10.4. The second-order valence-corrected chi connectivity index (χ2v) is 11.1. The number of aryl methyl sites for hydroxylation is 1. The number of carboxylic acids is 1. The molecule has 0 spiro atoms. The molecule has 2 aliphatic heterocycles. The normalized spacial score (nSPS) is 20.8. The Morgan fingerprint density at radius 2 is 1.95 bits per heavy atom. The van der Waals surface area contributed by atoms with Gasteiger partial charge in [0.05, 0.1) is 25.3 Å². The van der Waals surface area contributed by atoms with Crippen LogP contribution in [0.2, 0.25) is 0 Å². The van der Waals surface area contributed by atoms with E-state index < -0.39 is 11.9 Å². The predicted molar refractivity (Wildman–Crippen MR) is 149 cm³/mol. The van der Waals surface area contributed by atoms with Crippen molar-refractivity contribution in [2.75, 3.05) is 53.4 Å². The van der Waals surface area contributed by atoms with Crippen LogP contribution in [0.3, 0.4) is 0 Å². The molecule has 39 heavy (non-hydrogen) atoms. The molecular formula is C30H44N4O5. The lowest BCUT2D eigenvalue weighted by Crippen LogP contribution is -2.45. The van der Waals surface area contributed by atoms with E-state index in [1.807, 2.05) is 17.0 Å². The summed E-state index contributed by atoms with van der Waals surface area (Å²) in [6.45, 7) is 6.02. The van der Waals surface area contributed by atoms with Gasteiger partial charge >= 0.3 is 5.97 Å². The summed E-state index contributed by atoms with van der Waals surface area (Å²) in [5.41, 5.74) is 2.14. The maximum absolute atomic E-state index is 13.7. The number of ether oxygens (including phenoxy) is 1. The van der Waals surface area contributed by atoms with Gasteiger partial charge in [-0.15, -0.1) is 0 Å². The zero-order chi connectivity index (χ0) is 27.8. The van der Waals surface area contributed by atoms with Crippen LogP contribution in [-0.2, 0) is 22.4 Å². The first kappa shape index (κ1) is 29.1. The van der Waals surface area contributed by atoms with Gasteiger partial charge in [0.1, 0.15) is 12.0 Å². The van der Waals surface area contributed by atoms with Crippen LogP contribution >= 0.6 is 0 Å². The summed E-state index contributed by atoms with van der Waals surface area (Å²) in [4.78, 5) is 36.9. The fraction of sp³-hybridized carbons (Fsp3) is 0.633. The van der Waals surface area contributed by atoms with E-state index in [2.05, 4.69) is 41.9 Å². The Labute approximate surface area is 232 Å². The molecule has 9 heteroatoms. The van der Waals surface area contributed by atoms with E-state index in [1.54, 1.807) is 6.20 Å². The Kier molecular flexibility index (Phi) is 10.4. The van der Waals surface area contributed by atoms with Gasteiger partial charge in [-0.1, -0.05) is 25.5 Å². The Morgan fingerprint density at radius 1 is 1.15 bits per heavy atom. The number of oxazole rings is 1. The number of unbranched alkanes of at least 4 members (excludes halogenated alkanes) is 2. The topological polar surface area (TPSA) is 99.3 Å². The molecule has 3 heterocycles. The molecule has 0 aliphatic carbocycles. The van der Waals surface area contributed by atoms with Gasteiger partial charge in [-0.05, 0) is 63.5 Å². The highest BCUT2D eigenvalue weighted by Crippen LogP contribution is 2.41. The van der Waals surface area contributed by atoms with Gasteiger partial charge in [-0.3, -0.25) is 14.5 Å². The van der Waals surface area contributed by atoms with E-state index in [9.17, 15) is 14.7 Å². The maximum atomic E-state index is 13.7. The molecule has 0 saturated carbocycles. The molecule has 0 unspecified atom stereocenters. The van der Waals surface area contributed by atoms with E-state index in [0.29, 0.717) is 31.9 Å². The molecule has 1 aromatic heterocycles. The van der Waals surface area contributed by atoms with Crippen LogP contribution in [-0.4, -0.2) is 96.1 Å². The number of carbonyl (C=O) groups is 2. The van der Waals surface area contributed by atoms with Crippen molar-refractivity contribution >= 4 is 11.9 Å². The molecule has 1 amide bonds. The van der Waals surface area contributed by atoms with Crippen LogP contribution in [0.5, 0.6) is 5.75 Å². The SMILES string of the molecule is CCCCN(CCCCN(C)C)C(=O)CN1C[C@H](c2ccc3c(c2)CCO3)[C@@H](C(=O)O)[C@@H]1CCc1ncco1. The predicted octanol–water partition coefficient (Wildman–Crippen LogP) is 3.68. The van der Waals surface area contributed by atoms with Crippen molar-refractivity contribution in [1.29, 1.82) is 0 Å². The Balaban J connectivity index is 1.53. The first-order valence-corrected chi connectivity index (χ1v) is 14.4. The van der Waals surface area contributed by atoms with Crippen LogP contribution in [0, 0.1) is 5.92 Å². The lowest BCUT2D eigenvalue weighted by Gasteiger charge is -2.29. The summed E-state index contributed by atoms with van der Waals surface area (Å²) in [5.74, 6) is -0.0969. The highest BCUT2D eigenvalue weighted by atomic mass is 16.5. The molecule has 4 rings (SSSR count). The van der Waals surface area contributed by atoms with Gasteiger partial charge < -0.3 is 24.1 Å². The molecule has 1 fully saturated rings. The van der Waals surface area contributed by atoms with Crippen molar-refractivity contribution in [2.24, 2.45) is 5.92 Å². The van der Waals surface area contributed by atoms with Gasteiger partial charge in [0.15, 0.2) is 5.89 Å². The molecule has 9 nitrogen and oxygen atoms in total. The van der Waals surface area contributed by atoms with Gasteiger partial charge in [0.2, 0.25) is 5.91 Å². The number of hydrogen-bond donors (Lipinski definition) is 1.